The molecule has 0 aromatic heterocycles. The minimum absolute atomic E-state index is 0.865. The van der Waals surface area contributed by atoms with E-state index in [2.05, 4.69) is 12.3 Å². The van der Waals surface area contributed by atoms with Crippen LogP contribution in [0.25, 0.3) is 0 Å². The lowest BCUT2D eigenvalue weighted by Crippen LogP contribution is -1.53. The maximum absolute atomic E-state index is 6.34. The van der Waals surface area contributed by atoms with Gasteiger partial charge in [0.2, 0.25) is 0 Å². The van der Waals surface area contributed by atoms with E-state index in [1.54, 1.807) is 0 Å². The van der Waals surface area contributed by atoms with Crippen LogP contribution >= 0.6 is 0 Å². The Morgan fingerprint density at radius 3 is 3.20 bits per heavy atom. The van der Waals surface area contributed by atoms with Gasteiger partial charge in [-0.25, -0.2) is 0 Å². The number of hydrogen-bond donors (Lipinski definition) is 0. The third kappa shape index (κ3) is 3.56. The summed E-state index contributed by atoms with van der Waals surface area (Å²) in [5.41, 5.74) is 0. The van der Waals surface area contributed by atoms with Crippen LogP contribution in [0, 0.1) is 12.3 Å². The van der Waals surface area contributed by atoms with E-state index in [0.717, 1.165) is 12.8 Å². The molecule has 0 heterocycles. The molecule has 0 heteroatoms. The fraction of sp³-hybridized carbons (Fsp3) is 0.600. The highest BCUT2D eigenvalue weighted by molar-refractivity contribution is 4.81. The molecule has 0 radical (unpaired) electrons. The molecule has 0 saturated heterocycles. The lowest BCUT2D eigenvalue weighted by Gasteiger charge is -1.69. The maximum Gasteiger partial charge on any atom is 0.124 e. The van der Waals surface area contributed by atoms with Gasteiger partial charge >= 0.3 is 0 Å². The first-order valence-electron chi connectivity index (χ1n) is 2.31. The molecule has 0 aliphatic rings. The molecular weight excluding hydrogens is 60.1 g/mol. The summed E-state index contributed by atoms with van der Waals surface area (Å²) in [5.74, 6) is 2.61. The predicted molar refractivity (Wildman–Crippen MR) is 23.7 cm³/mol. The number of unbranched alkanes of at least 4 members (excludes halogenated alkanes) is 1. The first-order chi connectivity index (χ1) is 2.91. The Labute approximate surface area is 34.6 Å². The van der Waals surface area contributed by atoms with Gasteiger partial charge in [-0.05, 0) is 6.42 Å². The van der Waals surface area contributed by atoms with Crippen molar-refractivity contribution < 1.29 is 1.37 Å². The number of hydrogen-bond acceptors (Lipinski definition) is 0. The zero-order valence-electron chi connectivity index (χ0n) is 4.41. The zero-order valence-corrected chi connectivity index (χ0v) is 3.41. The topological polar surface area (TPSA) is 0 Å². The lowest BCUT2D eigenvalue weighted by atomic mass is 10.4. The van der Waals surface area contributed by atoms with Crippen LogP contribution in [0.3, 0.4) is 0 Å². The van der Waals surface area contributed by atoms with Crippen molar-refractivity contribution in [1.29, 1.82) is 0 Å². The van der Waals surface area contributed by atoms with Gasteiger partial charge < -0.3 is 0 Å². The minimum Gasteiger partial charge on any atom is -0.120 e. The molecule has 0 atom stereocenters. The van der Waals surface area contributed by atoms with E-state index in [1.165, 1.54) is 0 Å². The highest BCUT2D eigenvalue weighted by Crippen LogP contribution is 1.77. The summed E-state index contributed by atoms with van der Waals surface area (Å²) in [4.78, 5) is 0. The van der Waals surface area contributed by atoms with E-state index >= 15 is 0 Å². The molecule has 0 aromatic rings. The minimum atomic E-state index is 0.865. The molecule has 0 nitrogen and oxygen atoms in total. The summed E-state index contributed by atoms with van der Waals surface area (Å²) in [6.45, 7) is 2.05. The van der Waals surface area contributed by atoms with Gasteiger partial charge in [0.15, 0.2) is 0 Å². The van der Waals surface area contributed by atoms with Crippen molar-refractivity contribution in [3.8, 4) is 12.3 Å². The highest BCUT2D eigenvalue weighted by Gasteiger charge is 1.61. The molecule has 0 spiro atoms. The Morgan fingerprint density at radius 1 is 2.20 bits per heavy atom. The number of terminal acetylenes is 1. The second kappa shape index (κ2) is 3.56. The van der Waals surface area contributed by atoms with Gasteiger partial charge in [0, 0.05) is 6.42 Å². The molecule has 0 bridgehead atoms. The van der Waals surface area contributed by atoms with Crippen LogP contribution in [0.4, 0.5) is 0 Å². The maximum atomic E-state index is 6.34. The normalized spacial score (nSPS) is 7.80. The Kier molecular flexibility index (Phi) is 1.98. The van der Waals surface area contributed by atoms with E-state index in [1.807, 2.05) is 6.92 Å². The van der Waals surface area contributed by atoms with E-state index in [4.69, 9.17) is 1.37 Å². The van der Waals surface area contributed by atoms with Crippen LogP contribution in [0.2, 0.25) is 0 Å². The average molecular weight is 69.1 g/mol. The van der Waals surface area contributed by atoms with Crippen molar-refractivity contribution in [1.82, 2.24) is 0 Å². The summed E-state index contributed by atoms with van der Waals surface area (Å²) in [5, 5.41) is 0. The predicted octanol–water partition coefficient (Wildman–Crippen LogP) is 1.42. The van der Waals surface area contributed by atoms with E-state index in [9.17, 15) is 0 Å². The van der Waals surface area contributed by atoms with Crippen molar-refractivity contribution in [3.63, 3.8) is 0 Å². The summed E-state index contributed by atoms with van der Waals surface area (Å²) in [7, 11) is 0. The molecule has 0 saturated carbocycles. The molecule has 0 N–H and O–H groups in total. The Balaban J connectivity index is 2.79. The third-order valence-electron chi connectivity index (χ3n) is 0.375. The van der Waals surface area contributed by atoms with Crippen molar-refractivity contribution in [2.24, 2.45) is 0 Å². The smallest absolute Gasteiger partial charge is 0.120 e. The van der Waals surface area contributed by atoms with Gasteiger partial charge in [0.05, 0.1) is 0 Å². The van der Waals surface area contributed by atoms with Gasteiger partial charge in [-0.2, -0.15) is 0 Å². The van der Waals surface area contributed by atoms with Crippen LogP contribution in [0.1, 0.15) is 21.1 Å². The van der Waals surface area contributed by atoms with Gasteiger partial charge in [0.25, 0.3) is 0 Å². The first-order valence-corrected chi connectivity index (χ1v) is 1.81. The molecule has 0 unspecified atom stereocenters. The largest absolute Gasteiger partial charge is 0.124 e. The van der Waals surface area contributed by atoms with E-state index < -0.39 is 0 Å². The highest BCUT2D eigenvalue weighted by atomic mass is 13.7. The molecule has 5 heavy (non-hydrogen) atoms. The van der Waals surface area contributed by atoms with Gasteiger partial charge in [0.1, 0.15) is 1.37 Å². The first kappa shape index (κ1) is 2.78. The fourth-order valence-electron chi connectivity index (χ4n) is 0.125. The van der Waals surface area contributed by atoms with Crippen molar-refractivity contribution >= 4 is 0 Å². The molecule has 0 rings (SSSR count). The molecule has 0 aliphatic carbocycles. The zero-order chi connectivity index (χ0) is 4.83. The third-order valence-corrected chi connectivity index (χ3v) is 0.375. The second-order valence-corrected chi connectivity index (χ2v) is 0.927. The average Bonchev–Trinajstić information content (AvgIpc) is 1.61. The Hall–Kier alpha value is -0.440. The van der Waals surface area contributed by atoms with Crippen molar-refractivity contribution in [3.05, 3.63) is 0 Å². The summed E-state index contributed by atoms with van der Waals surface area (Å²) in [6, 6.07) is 0. The van der Waals surface area contributed by atoms with Gasteiger partial charge in [-0.15, -0.1) is 12.3 Å². The molecule has 28 valence electrons. The SMILES string of the molecule is [2H]C#CCCC. The van der Waals surface area contributed by atoms with Crippen LogP contribution < -0.4 is 0 Å². The molecule has 0 aliphatic heterocycles. The van der Waals surface area contributed by atoms with E-state index in [0.29, 0.717) is 0 Å². The molecule has 0 aromatic carbocycles. The molecular formula is C5H8. The van der Waals surface area contributed by atoms with Crippen molar-refractivity contribution in [2.45, 2.75) is 19.8 Å². The van der Waals surface area contributed by atoms with E-state index in [-0.39, 0.29) is 0 Å². The molecule has 0 amide bonds. The summed E-state index contributed by atoms with van der Waals surface area (Å²) in [6.07, 6.45) is 3.99. The lowest BCUT2D eigenvalue weighted by molar-refractivity contribution is 0.984. The summed E-state index contributed by atoms with van der Waals surface area (Å²) < 4.78 is 6.34. The summed E-state index contributed by atoms with van der Waals surface area (Å²) >= 11 is 0. The van der Waals surface area contributed by atoms with Gasteiger partial charge in [-0.1, -0.05) is 6.92 Å². The van der Waals surface area contributed by atoms with Gasteiger partial charge in [-0.3, -0.25) is 0 Å². The second-order valence-electron chi connectivity index (χ2n) is 0.927. The van der Waals surface area contributed by atoms with Crippen LogP contribution in [0.5, 0.6) is 0 Å². The van der Waals surface area contributed by atoms with Crippen LogP contribution in [-0.4, -0.2) is 0 Å². The fourth-order valence-corrected chi connectivity index (χ4v) is 0.125. The quantitative estimate of drug-likeness (QED) is 0.408. The number of rotatable bonds is 1. The van der Waals surface area contributed by atoms with Crippen LogP contribution in [-0.2, 0) is 0 Å². The monoisotopic (exact) mass is 69.1 g/mol. The standard InChI is InChI=1S/C5H8/c1-3-5-4-2/h1H,4-5H2,2H3/i1D. The Bertz CT molecular complexity index is 65.7. The molecule has 0 fully saturated rings. The van der Waals surface area contributed by atoms with Crippen LogP contribution in [0.15, 0.2) is 0 Å². The van der Waals surface area contributed by atoms with Crippen molar-refractivity contribution in [2.75, 3.05) is 0 Å². The Morgan fingerprint density at radius 2 is 3.00 bits per heavy atom.